The van der Waals surface area contributed by atoms with E-state index in [0.29, 0.717) is 23.0 Å². The van der Waals surface area contributed by atoms with Crippen molar-refractivity contribution in [3.05, 3.63) is 40.4 Å². The van der Waals surface area contributed by atoms with Gasteiger partial charge in [0.1, 0.15) is 18.1 Å². The highest BCUT2D eigenvalue weighted by Gasteiger charge is 2.38. The summed E-state index contributed by atoms with van der Waals surface area (Å²) in [5.41, 5.74) is 6.60. The third-order valence-electron chi connectivity index (χ3n) is 4.38. The van der Waals surface area contributed by atoms with Crippen LogP contribution in [0.1, 0.15) is 41.4 Å². The lowest BCUT2D eigenvalue weighted by atomic mass is 9.64. The molecule has 152 valence electrons. The minimum Gasteiger partial charge on any atom is -0.535 e. The van der Waals surface area contributed by atoms with Crippen molar-refractivity contribution in [3.8, 4) is 5.75 Å². The number of benzene rings is 1. The van der Waals surface area contributed by atoms with Crippen LogP contribution in [0.2, 0.25) is 5.82 Å². The number of carboxylic acid groups (broad SMARTS) is 1. The largest absolute Gasteiger partial charge is 0.535 e. The number of ketones is 1. The molecule has 0 fully saturated rings. The highest BCUT2D eigenvalue weighted by atomic mass is 32.1. The van der Waals surface area contributed by atoms with E-state index in [4.69, 9.17) is 15.2 Å². The molecular weight excluding hydrogens is 397 g/mol. The van der Waals surface area contributed by atoms with Gasteiger partial charge in [-0.3, -0.25) is 4.79 Å². The Bertz CT molecular complexity index is 947. The number of nitrogens with two attached hydrogens (primary N) is 1. The van der Waals surface area contributed by atoms with E-state index in [1.54, 1.807) is 17.5 Å². The molecular formula is C18H20BN3O6S. The van der Waals surface area contributed by atoms with E-state index >= 15 is 0 Å². The zero-order chi connectivity index (χ0) is 21.0. The highest BCUT2D eigenvalue weighted by molar-refractivity contribution is 7.13. The number of carbonyl (C=O) groups excluding carboxylic acids is 1. The van der Waals surface area contributed by atoms with Crippen LogP contribution in [0.5, 0.6) is 5.75 Å². The van der Waals surface area contributed by atoms with E-state index in [1.807, 2.05) is 6.92 Å². The Kier molecular flexibility index (Phi) is 6.50. The number of hydrogen-bond acceptors (Lipinski definition) is 9. The van der Waals surface area contributed by atoms with Crippen LogP contribution in [0.3, 0.4) is 0 Å². The number of fused-ring (bicyclic) bond motifs is 1. The van der Waals surface area contributed by atoms with Crippen LogP contribution in [0.25, 0.3) is 0 Å². The summed E-state index contributed by atoms with van der Waals surface area (Å²) in [7, 11) is -1.33. The second-order valence-corrected chi connectivity index (χ2v) is 7.43. The van der Waals surface area contributed by atoms with Crippen molar-refractivity contribution >= 4 is 41.1 Å². The second kappa shape index (κ2) is 9.06. The lowest BCUT2D eigenvalue weighted by Crippen LogP contribution is -2.36. The van der Waals surface area contributed by atoms with E-state index < -0.39 is 18.9 Å². The summed E-state index contributed by atoms with van der Waals surface area (Å²) in [6.45, 7) is 2.26. The molecule has 2 aromatic rings. The first-order valence-corrected chi connectivity index (χ1v) is 9.93. The van der Waals surface area contributed by atoms with E-state index in [1.165, 1.54) is 17.4 Å². The maximum absolute atomic E-state index is 12.9. The first-order chi connectivity index (χ1) is 13.9. The molecule has 0 unspecified atom stereocenters. The van der Waals surface area contributed by atoms with Gasteiger partial charge < -0.3 is 25.4 Å². The molecule has 3 rings (SSSR count). The number of rotatable bonds is 8. The summed E-state index contributed by atoms with van der Waals surface area (Å²) >= 11 is 1.18. The molecule has 0 amide bonds. The SMILES string of the molecule is CCCO/N=C(\C(=O)C[C@H]1Cc2cccc(C(=O)O)c2OB1O)c1csc(N)n1. The van der Waals surface area contributed by atoms with Crippen molar-refractivity contribution in [2.24, 2.45) is 5.16 Å². The Balaban J connectivity index is 1.80. The smallest absolute Gasteiger partial charge is 0.526 e. The number of thiazole rings is 1. The lowest BCUT2D eigenvalue weighted by molar-refractivity contribution is -0.113. The Morgan fingerprint density at radius 3 is 2.93 bits per heavy atom. The van der Waals surface area contributed by atoms with E-state index in [9.17, 15) is 19.7 Å². The van der Waals surface area contributed by atoms with Gasteiger partial charge in [-0.25, -0.2) is 9.78 Å². The second-order valence-electron chi connectivity index (χ2n) is 6.54. The van der Waals surface area contributed by atoms with Crippen LogP contribution in [-0.2, 0) is 16.1 Å². The molecule has 29 heavy (non-hydrogen) atoms. The summed E-state index contributed by atoms with van der Waals surface area (Å²) < 4.78 is 5.44. The predicted molar refractivity (Wildman–Crippen MR) is 108 cm³/mol. The van der Waals surface area contributed by atoms with Crippen LogP contribution in [0.15, 0.2) is 28.7 Å². The minimum atomic E-state index is -1.33. The molecule has 4 N–H and O–H groups in total. The van der Waals surface area contributed by atoms with Crippen LogP contribution < -0.4 is 10.4 Å². The number of oxime groups is 1. The number of aromatic nitrogens is 1. The first kappa shape index (κ1) is 20.8. The summed E-state index contributed by atoms with van der Waals surface area (Å²) in [5, 5.41) is 25.5. The van der Waals surface area contributed by atoms with Crippen molar-refractivity contribution in [2.45, 2.75) is 32.0 Å². The standard InChI is InChI=1S/C18H20BN3O6S/c1-2-6-27-22-15(13-9-29-18(20)21-13)14(23)8-11-7-10-4-3-5-12(17(24)25)16(10)28-19(11)26/h3-5,9,11,26H,2,6-8H2,1H3,(H2,20,21)(H,24,25)/b22-15-/t11-/m1/s1. The number of carbonyl (C=O) groups is 2. The van der Waals surface area contributed by atoms with Crippen LogP contribution >= 0.6 is 11.3 Å². The number of Topliss-reactive ketones (excluding diaryl/α,β-unsaturated/α-hetero) is 1. The molecule has 11 heteroatoms. The maximum atomic E-state index is 12.9. The van der Waals surface area contributed by atoms with Gasteiger partial charge in [0.15, 0.2) is 16.6 Å². The third-order valence-corrected chi connectivity index (χ3v) is 5.05. The average molecular weight is 417 g/mol. The van der Waals surface area contributed by atoms with Gasteiger partial charge in [0, 0.05) is 17.6 Å². The average Bonchev–Trinajstić information content (AvgIpc) is 3.11. The number of nitrogens with zero attached hydrogens (tertiary/aromatic N) is 2. The lowest BCUT2D eigenvalue weighted by Gasteiger charge is -2.28. The van der Waals surface area contributed by atoms with Crippen molar-refractivity contribution in [2.75, 3.05) is 12.3 Å². The summed E-state index contributed by atoms with van der Waals surface area (Å²) in [6, 6.07) is 4.72. The zero-order valence-electron chi connectivity index (χ0n) is 15.7. The number of carboxylic acids is 1. The van der Waals surface area contributed by atoms with E-state index in [0.717, 1.165) is 6.42 Å². The number of aromatic carboxylic acids is 1. The van der Waals surface area contributed by atoms with Gasteiger partial charge >= 0.3 is 13.1 Å². The molecule has 1 aromatic carbocycles. The summed E-state index contributed by atoms with van der Waals surface area (Å²) in [6.07, 6.45) is 0.928. The Morgan fingerprint density at radius 2 is 2.28 bits per heavy atom. The number of anilines is 1. The predicted octanol–water partition coefficient (Wildman–Crippen LogP) is 2.00. The Hall–Kier alpha value is -2.92. The molecule has 0 aliphatic carbocycles. The van der Waals surface area contributed by atoms with Crippen molar-refractivity contribution in [3.63, 3.8) is 0 Å². The van der Waals surface area contributed by atoms with Gasteiger partial charge in [-0.2, -0.15) is 0 Å². The molecule has 0 radical (unpaired) electrons. The first-order valence-electron chi connectivity index (χ1n) is 9.05. The topological polar surface area (TPSA) is 144 Å². The van der Waals surface area contributed by atoms with Crippen molar-refractivity contribution in [1.29, 1.82) is 0 Å². The molecule has 0 saturated heterocycles. The molecule has 1 aliphatic heterocycles. The van der Waals surface area contributed by atoms with Crippen LogP contribution in [0, 0.1) is 0 Å². The maximum Gasteiger partial charge on any atom is 0.526 e. The van der Waals surface area contributed by atoms with Crippen molar-refractivity contribution < 1.29 is 29.2 Å². The minimum absolute atomic E-state index is 0.0282. The van der Waals surface area contributed by atoms with Gasteiger partial charge in [0.05, 0.1) is 5.56 Å². The monoisotopic (exact) mass is 417 g/mol. The van der Waals surface area contributed by atoms with Gasteiger partial charge in [-0.15, -0.1) is 11.3 Å². The fraction of sp³-hybridized carbons (Fsp3) is 0.333. The molecule has 2 heterocycles. The van der Waals surface area contributed by atoms with Gasteiger partial charge in [-0.05, 0) is 24.5 Å². The highest BCUT2D eigenvalue weighted by Crippen LogP contribution is 2.36. The third kappa shape index (κ3) is 4.74. The molecule has 9 nitrogen and oxygen atoms in total. The Morgan fingerprint density at radius 1 is 1.48 bits per heavy atom. The molecule has 0 saturated carbocycles. The number of para-hydroxylation sites is 1. The van der Waals surface area contributed by atoms with Crippen LogP contribution in [-0.4, -0.2) is 46.3 Å². The fourth-order valence-electron chi connectivity index (χ4n) is 3.00. The zero-order valence-corrected chi connectivity index (χ0v) is 16.5. The van der Waals surface area contributed by atoms with Gasteiger partial charge in [0.2, 0.25) is 0 Å². The molecule has 0 spiro atoms. The summed E-state index contributed by atoms with van der Waals surface area (Å²) in [4.78, 5) is 33.5. The molecule has 1 aliphatic rings. The number of hydrogen-bond donors (Lipinski definition) is 3. The van der Waals surface area contributed by atoms with E-state index in [2.05, 4.69) is 10.1 Å². The van der Waals surface area contributed by atoms with E-state index in [-0.39, 0.29) is 35.6 Å². The quantitative estimate of drug-likeness (QED) is 0.256. The molecule has 1 atom stereocenters. The normalized spacial score (nSPS) is 16.1. The molecule has 0 bridgehead atoms. The Labute approximate surface area is 171 Å². The number of nitrogen functional groups attached to an aromatic ring is 1. The van der Waals surface area contributed by atoms with Crippen LogP contribution in [0.4, 0.5) is 5.13 Å². The van der Waals surface area contributed by atoms with Gasteiger partial charge in [-0.1, -0.05) is 24.2 Å². The molecule has 1 aromatic heterocycles. The summed E-state index contributed by atoms with van der Waals surface area (Å²) in [5.74, 6) is -1.97. The fourth-order valence-corrected chi connectivity index (χ4v) is 3.55. The van der Waals surface area contributed by atoms with Crippen molar-refractivity contribution in [1.82, 2.24) is 4.98 Å². The van der Waals surface area contributed by atoms with Gasteiger partial charge in [0.25, 0.3) is 0 Å².